The summed E-state index contributed by atoms with van der Waals surface area (Å²) in [4.78, 5) is 0. The van der Waals surface area contributed by atoms with Gasteiger partial charge in [-0.2, -0.15) is 0 Å². The normalized spacial score (nSPS) is 22.0. The van der Waals surface area contributed by atoms with Crippen molar-refractivity contribution < 1.29 is 18.9 Å². The Bertz CT molecular complexity index is 460. The monoisotopic (exact) mass is 271 g/mol. The number of rotatable bonds is 2. The second-order valence-electron chi connectivity index (χ2n) is 4.11. The summed E-state index contributed by atoms with van der Waals surface area (Å²) in [6, 6.07) is 1.88. The Morgan fingerprint density at radius 2 is 2.33 bits per heavy atom. The topological polar surface area (TPSA) is 49.0 Å². The first-order valence-electron chi connectivity index (χ1n) is 5.79. The fourth-order valence-corrected chi connectivity index (χ4v) is 2.55. The first kappa shape index (κ1) is 11.9. The van der Waals surface area contributed by atoms with Crippen molar-refractivity contribution in [2.24, 2.45) is 0 Å². The van der Waals surface area contributed by atoms with Crippen LogP contribution in [0, 0.1) is 0 Å². The molecule has 0 aromatic heterocycles. The standard InChI is InChI=1S/C12H14ClNO4/c1-15-11-7(9-5-14-2-3-16-9)4-8-12(10(11)13)18-6-17-8/h4,9,14H,2-3,5-6H2,1H3. The number of hydrogen-bond donors (Lipinski definition) is 1. The van der Waals surface area contributed by atoms with Crippen molar-refractivity contribution in [3.63, 3.8) is 0 Å². The molecule has 2 aliphatic rings. The maximum absolute atomic E-state index is 6.27. The van der Waals surface area contributed by atoms with Crippen LogP contribution < -0.4 is 19.5 Å². The number of benzene rings is 1. The lowest BCUT2D eigenvalue weighted by Crippen LogP contribution is -2.33. The summed E-state index contributed by atoms with van der Waals surface area (Å²) in [5.41, 5.74) is 0.888. The Balaban J connectivity index is 2.04. The van der Waals surface area contributed by atoms with Gasteiger partial charge < -0.3 is 24.3 Å². The zero-order valence-corrected chi connectivity index (χ0v) is 10.8. The molecule has 0 aliphatic carbocycles. The smallest absolute Gasteiger partial charge is 0.231 e. The largest absolute Gasteiger partial charge is 0.495 e. The van der Waals surface area contributed by atoms with Crippen molar-refractivity contribution in [3.05, 3.63) is 16.7 Å². The molecule has 18 heavy (non-hydrogen) atoms. The van der Waals surface area contributed by atoms with Gasteiger partial charge in [-0.1, -0.05) is 11.6 Å². The molecule has 1 unspecified atom stereocenters. The molecule has 0 bridgehead atoms. The van der Waals surface area contributed by atoms with Crippen molar-refractivity contribution >= 4 is 11.6 Å². The molecule has 1 aromatic rings. The molecule has 6 heteroatoms. The fourth-order valence-electron chi connectivity index (χ4n) is 2.22. The molecule has 1 N–H and O–H groups in total. The Hall–Kier alpha value is -1.17. The first-order valence-corrected chi connectivity index (χ1v) is 6.17. The lowest BCUT2D eigenvalue weighted by atomic mass is 10.1. The van der Waals surface area contributed by atoms with Gasteiger partial charge in [-0.25, -0.2) is 0 Å². The second kappa shape index (κ2) is 4.84. The van der Waals surface area contributed by atoms with Gasteiger partial charge in [0, 0.05) is 18.7 Å². The lowest BCUT2D eigenvalue weighted by Gasteiger charge is -2.26. The maximum atomic E-state index is 6.27. The van der Waals surface area contributed by atoms with Crippen molar-refractivity contribution in [2.45, 2.75) is 6.10 Å². The van der Waals surface area contributed by atoms with E-state index < -0.39 is 0 Å². The predicted molar refractivity (Wildman–Crippen MR) is 65.7 cm³/mol. The number of ether oxygens (including phenoxy) is 4. The zero-order valence-electron chi connectivity index (χ0n) is 9.99. The van der Waals surface area contributed by atoms with Crippen molar-refractivity contribution in [1.29, 1.82) is 0 Å². The molecule has 1 atom stereocenters. The van der Waals surface area contributed by atoms with E-state index in [-0.39, 0.29) is 12.9 Å². The summed E-state index contributed by atoms with van der Waals surface area (Å²) in [5, 5.41) is 3.72. The van der Waals surface area contributed by atoms with Crippen LogP contribution in [-0.2, 0) is 4.74 Å². The van der Waals surface area contributed by atoms with Crippen LogP contribution in [0.25, 0.3) is 0 Å². The van der Waals surface area contributed by atoms with Crippen LogP contribution in [0.1, 0.15) is 11.7 Å². The molecule has 2 aliphatic heterocycles. The molecular weight excluding hydrogens is 258 g/mol. The fraction of sp³-hybridized carbons (Fsp3) is 0.500. The molecule has 1 fully saturated rings. The van der Waals surface area contributed by atoms with Gasteiger partial charge >= 0.3 is 0 Å². The van der Waals surface area contributed by atoms with Crippen molar-refractivity contribution in [2.75, 3.05) is 33.6 Å². The average molecular weight is 272 g/mol. The van der Waals surface area contributed by atoms with Crippen LogP contribution in [0.5, 0.6) is 17.2 Å². The van der Waals surface area contributed by atoms with E-state index >= 15 is 0 Å². The second-order valence-corrected chi connectivity index (χ2v) is 4.49. The summed E-state index contributed by atoms with van der Waals surface area (Å²) in [5.74, 6) is 1.78. The number of nitrogens with one attached hydrogen (secondary N) is 1. The first-order chi connectivity index (χ1) is 8.81. The van der Waals surface area contributed by atoms with E-state index in [0.717, 1.165) is 18.7 Å². The van der Waals surface area contributed by atoms with E-state index in [1.807, 2.05) is 6.07 Å². The highest BCUT2D eigenvalue weighted by Gasteiger charge is 2.28. The molecule has 5 nitrogen and oxygen atoms in total. The Labute approximate surface area is 110 Å². The van der Waals surface area contributed by atoms with E-state index in [1.165, 1.54) is 0 Å². The molecule has 1 saturated heterocycles. The minimum Gasteiger partial charge on any atom is -0.495 e. The van der Waals surface area contributed by atoms with Gasteiger partial charge in [0.15, 0.2) is 11.5 Å². The summed E-state index contributed by atoms with van der Waals surface area (Å²) >= 11 is 6.27. The van der Waals surface area contributed by atoms with Crippen LogP contribution >= 0.6 is 11.6 Å². The van der Waals surface area contributed by atoms with Crippen LogP contribution in [0.2, 0.25) is 5.02 Å². The SMILES string of the molecule is COc1c(C2CNCCO2)cc2c(c1Cl)OCO2. The molecule has 2 heterocycles. The molecule has 3 rings (SSSR count). The van der Waals surface area contributed by atoms with Crippen LogP contribution in [0.4, 0.5) is 0 Å². The molecule has 0 saturated carbocycles. The zero-order chi connectivity index (χ0) is 12.5. The van der Waals surface area contributed by atoms with Crippen LogP contribution in [-0.4, -0.2) is 33.6 Å². The summed E-state index contributed by atoms with van der Waals surface area (Å²) in [7, 11) is 1.59. The van der Waals surface area contributed by atoms with Gasteiger partial charge in [-0.3, -0.25) is 0 Å². The summed E-state index contributed by atoms with van der Waals surface area (Å²) in [6.45, 7) is 2.44. The molecule has 0 amide bonds. The van der Waals surface area contributed by atoms with Crippen molar-refractivity contribution in [1.82, 2.24) is 5.32 Å². The minimum atomic E-state index is -0.0827. The summed E-state index contributed by atoms with van der Waals surface area (Å²) < 4.78 is 21.8. The van der Waals surface area contributed by atoms with Gasteiger partial charge in [0.05, 0.1) is 19.8 Å². The van der Waals surface area contributed by atoms with E-state index in [0.29, 0.717) is 28.9 Å². The van der Waals surface area contributed by atoms with Crippen molar-refractivity contribution in [3.8, 4) is 17.2 Å². The van der Waals surface area contributed by atoms with E-state index in [2.05, 4.69) is 5.32 Å². The highest BCUT2D eigenvalue weighted by molar-refractivity contribution is 6.34. The van der Waals surface area contributed by atoms with Crippen LogP contribution in [0.3, 0.4) is 0 Å². The van der Waals surface area contributed by atoms with E-state index in [1.54, 1.807) is 7.11 Å². The quantitative estimate of drug-likeness (QED) is 0.888. The lowest BCUT2D eigenvalue weighted by molar-refractivity contribution is 0.0262. The highest BCUT2D eigenvalue weighted by atomic mass is 35.5. The highest BCUT2D eigenvalue weighted by Crippen LogP contribution is 2.48. The molecule has 0 radical (unpaired) electrons. The number of halogens is 1. The van der Waals surface area contributed by atoms with Gasteiger partial charge in [0.2, 0.25) is 6.79 Å². The molecule has 1 aromatic carbocycles. The Kier molecular flexibility index (Phi) is 3.20. The molecule has 0 spiro atoms. The minimum absolute atomic E-state index is 0.0827. The summed E-state index contributed by atoms with van der Waals surface area (Å²) in [6.07, 6.45) is -0.0827. The van der Waals surface area contributed by atoms with E-state index in [9.17, 15) is 0 Å². The van der Waals surface area contributed by atoms with Gasteiger partial charge in [0.1, 0.15) is 10.8 Å². The maximum Gasteiger partial charge on any atom is 0.231 e. The number of fused-ring (bicyclic) bond motifs is 1. The van der Waals surface area contributed by atoms with Gasteiger partial charge in [-0.05, 0) is 6.07 Å². The third kappa shape index (κ3) is 1.88. The number of morpholine rings is 1. The Morgan fingerprint density at radius 3 is 3.06 bits per heavy atom. The third-order valence-corrected chi connectivity index (χ3v) is 3.41. The van der Waals surface area contributed by atoms with E-state index in [4.69, 9.17) is 30.5 Å². The molecule has 98 valence electrons. The average Bonchev–Trinajstić information content (AvgIpc) is 2.88. The van der Waals surface area contributed by atoms with Gasteiger partial charge in [0.25, 0.3) is 0 Å². The Morgan fingerprint density at radius 1 is 1.44 bits per heavy atom. The molecular formula is C12H14ClNO4. The van der Waals surface area contributed by atoms with Gasteiger partial charge in [-0.15, -0.1) is 0 Å². The number of hydrogen-bond acceptors (Lipinski definition) is 5. The number of methoxy groups -OCH3 is 1. The van der Waals surface area contributed by atoms with Crippen LogP contribution in [0.15, 0.2) is 6.07 Å². The third-order valence-electron chi connectivity index (χ3n) is 3.07. The predicted octanol–water partition coefficient (Wildman–Crippen LogP) is 1.74.